The molecule has 0 spiro atoms. The van der Waals surface area contributed by atoms with Crippen LogP contribution in [0.2, 0.25) is 0 Å². The van der Waals surface area contributed by atoms with Gasteiger partial charge in [-0.25, -0.2) is 0 Å². The molecule has 0 aliphatic carbocycles. The van der Waals surface area contributed by atoms with Crippen LogP contribution in [-0.2, 0) is 0 Å². The van der Waals surface area contributed by atoms with Gasteiger partial charge in [-0.3, -0.25) is 0 Å². The zero-order valence-electron chi connectivity index (χ0n) is 7.51. The predicted octanol–water partition coefficient (Wildman–Crippen LogP) is 0.186. The molecule has 5 nitrogen and oxygen atoms in total. The first-order valence-electron chi connectivity index (χ1n) is 4.18. The number of aromatic hydroxyl groups is 3. The predicted molar refractivity (Wildman–Crippen MR) is 50.1 cm³/mol. The van der Waals surface area contributed by atoms with Crippen molar-refractivity contribution in [3.05, 3.63) is 17.7 Å². The van der Waals surface area contributed by atoms with Gasteiger partial charge in [0, 0.05) is 18.2 Å². The molecule has 0 fully saturated rings. The third-order valence-corrected chi connectivity index (χ3v) is 2.00. The van der Waals surface area contributed by atoms with Crippen molar-refractivity contribution >= 4 is 0 Å². The topological polar surface area (TPSA) is 107 Å². The van der Waals surface area contributed by atoms with Crippen LogP contribution in [0, 0.1) is 0 Å². The quantitative estimate of drug-likeness (QED) is 0.446. The molecule has 5 heteroatoms. The van der Waals surface area contributed by atoms with E-state index in [9.17, 15) is 10.2 Å². The number of nitrogens with two attached hydrogens (primary N) is 1. The van der Waals surface area contributed by atoms with E-state index in [1.54, 1.807) is 0 Å². The SMILES string of the molecule is NC(CCO)c1ccc(O)c(O)c1O. The summed E-state index contributed by atoms with van der Waals surface area (Å²) in [7, 11) is 0. The van der Waals surface area contributed by atoms with Crippen molar-refractivity contribution < 1.29 is 20.4 Å². The van der Waals surface area contributed by atoms with E-state index < -0.39 is 23.3 Å². The monoisotopic (exact) mass is 199 g/mol. The van der Waals surface area contributed by atoms with E-state index in [1.165, 1.54) is 12.1 Å². The molecule has 0 saturated carbocycles. The molecular formula is C9H13NO4. The van der Waals surface area contributed by atoms with Crippen molar-refractivity contribution in [2.75, 3.05) is 6.61 Å². The fraction of sp³-hybridized carbons (Fsp3) is 0.333. The van der Waals surface area contributed by atoms with Gasteiger partial charge in [-0.2, -0.15) is 0 Å². The van der Waals surface area contributed by atoms with Crippen molar-refractivity contribution in [2.45, 2.75) is 12.5 Å². The standard InChI is InChI=1S/C9H13NO4/c10-6(3-4-11)5-1-2-7(12)9(14)8(5)13/h1-2,6,11-14H,3-4,10H2. The summed E-state index contributed by atoms with van der Waals surface area (Å²) < 4.78 is 0. The van der Waals surface area contributed by atoms with E-state index in [2.05, 4.69) is 0 Å². The van der Waals surface area contributed by atoms with Crippen LogP contribution in [0.5, 0.6) is 17.2 Å². The second-order valence-corrected chi connectivity index (χ2v) is 2.99. The fourth-order valence-corrected chi connectivity index (χ4v) is 1.18. The van der Waals surface area contributed by atoms with E-state index in [4.69, 9.17) is 15.9 Å². The van der Waals surface area contributed by atoms with Crippen LogP contribution in [0.15, 0.2) is 12.1 Å². The van der Waals surface area contributed by atoms with Crippen molar-refractivity contribution in [1.82, 2.24) is 0 Å². The summed E-state index contributed by atoms with van der Waals surface area (Å²) in [6.07, 6.45) is 0.276. The minimum atomic E-state index is -0.587. The van der Waals surface area contributed by atoms with Crippen LogP contribution in [0.1, 0.15) is 18.0 Å². The summed E-state index contributed by atoms with van der Waals surface area (Å²) >= 11 is 0. The van der Waals surface area contributed by atoms with Gasteiger partial charge in [-0.1, -0.05) is 0 Å². The van der Waals surface area contributed by atoms with Gasteiger partial charge in [0.2, 0.25) is 5.75 Å². The maximum atomic E-state index is 9.40. The van der Waals surface area contributed by atoms with Gasteiger partial charge >= 0.3 is 0 Å². The highest BCUT2D eigenvalue weighted by Gasteiger charge is 2.15. The number of hydrogen-bond donors (Lipinski definition) is 5. The lowest BCUT2D eigenvalue weighted by atomic mass is 10.0. The van der Waals surface area contributed by atoms with Crippen molar-refractivity contribution in [3.63, 3.8) is 0 Å². The molecule has 1 atom stereocenters. The number of benzene rings is 1. The summed E-state index contributed by atoms with van der Waals surface area (Å²) in [6, 6.07) is 2.08. The lowest BCUT2D eigenvalue weighted by Gasteiger charge is -2.13. The molecule has 0 heterocycles. The Morgan fingerprint density at radius 1 is 1.14 bits per heavy atom. The van der Waals surface area contributed by atoms with E-state index in [0.717, 1.165) is 0 Å². The molecular weight excluding hydrogens is 186 g/mol. The molecule has 0 bridgehead atoms. The van der Waals surface area contributed by atoms with Gasteiger partial charge in [-0.05, 0) is 18.6 Å². The molecule has 0 radical (unpaired) electrons. The zero-order valence-corrected chi connectivity index (χ0v) is 7.51. The van der Waals surface area contributed by atoms with Gasteiger partial charge in [0.15, 0.2) is 11.5 Å². The summed E-state index contributed by atoms with van der Waals surface area (Å²) in [5.41, 5.74) is 5.91. The van der Waals surface area contributed by atoms with E-state index in [0.29, 0.717) is 5.56 Å². The van der Waals surface area contributed by atoms with Crippen LogP contribution >= 0.6 is 0 Å². The third kappa shape index (κ3) is 1.89. The number of rotatable bonds is 3. The van der Waals surface area contributed by atoms with E-state index >= 15 is 0 Å². The first kappa shape index (κ1) is 10.6. The fourth-order valence-electron chi connectivity index (χ4n) is 1.18. The van der Waals surface area contributed by atoms with Crippen molar-refractivity contribution in [1.29, 1.82) is 0 Å². The Hall–Kier alpha value is -1.46. The Kier molecular flexibility index (Phi) is 3.16. The van der Waals surface area contributed by atoms with E-state index in [-0.39, 0.29) is 13.0 Å². The molecule has 1 unspecified atom stereocenters. The molecule has 78 valence electrons. The van der Waals surface area contributed by atoms with Gasteiger partial charge in [-0.15, -0.1) is 0 Å². The molecule has 14 heavy (non-hydrogen) atoms. The molecule has 0 aliphatic heterocycles. The number of aliphatic hydroxyl groups is 1. The first-order chi connectivity index (χ1) is 6.57. The average molecular weight is 199 g/mol. The molecule has 0 saturated heterocycles. The summed E-state index contributed by atoms with van der Waals surface area (Å²) in [4.78, 5) is 0. The highest BCUT2D eigenvalue weighted by atomic mass is 16.3. The number of hydrogen-bond acceptors (Lipinski definition) is 5. The second-order valence-electron chi connectivity index (χ2n) is 2.99. The minimum Gasteiger partial charge on any atom is -0.504 e. The molecule has 0 aliphatic rings. The largest absolute Gasteiger partial charge is 0.504 e. The molecule has 6 N–H and O–H groups in total. The van der Waals surface area contributed by atoms with Gasteiger partial charge < -0.3 is 26.2 Å². The van der Waals surface area contributed by atoms with Crippen LogP contribution in [0.25, 0.3) is 0 Å². The maximum absolute atomic E-state index is 9.40. The third-order valence-electron chi connectivity index (χ3n) is 2.00. The zero-order chi connectivity index (χ0) is 10.7. The Morgan fingerprint density at radius 2 is 1.79 bits per heavy atom. The van der Waals surface area contributed by atoms with Crippen LogP contribution in [-0.4, -0.2) is 27.0 Å². The molecule has 0 aromatic heterocycles. The highest BCUT2D eigenvalue weighted by Crippen LogP contribution is 2.39. The van der Waals surface area contributed by atoms with Crippen LogP contribution < -0.4 is 5.73 Å². The number of phenolic OH excluding ortho intramolecular Hbond substituents is 3. The van der Waals surface area contributed by atoms with Crippen molar-refractivity contribution in [2.24, 2.45) is 5.73 Å². The summed E-state index contributed by atoms with van der Waals surface area (Å²) in [5, 5.41) is 36.3. The van der Waals surface area contributed by atoms with Gasteiger partial charge in [0.05, 0.1) is 0 Å². The van der Waals surface area contributed by atoms with Crippen LogP contribution in [0.4, 0.5) is 0 Å². The van der Waals surface area contributed by atoms with E-state index in [1.807, 2.05) is 0 Å². The molecule has 1 aromatic carbocycles. The first-order valence-corrected chi connectivity index (χ1v) is 4.18. The molecule has 1 aromatic rings. The average Bonchev–Trinajstić information content (AvgIpc) is 2.15. The number of phenols is 3. The van der Waals surface area contributed by atoms with Gasteiger partial charge in [0.1, 0.15) is 0 Å². The van der Waals surface area contributed by atoms with Crippen molar-refractivity contribution in [3.8, 4) is 17.2 Å². The van der Waals surface area contributed by atoms with Gasteiger partial charge in [0.25, 0.3) is 0 Å². The lowest BCUT2D eigenvalue weighted by Crippen LogP contribution is -2.11. The minimum absolute atomic E-state index is 0.109. The smallest absolute Gasteiger partial charge is 0.200 e. The normalized spacial score (nSPS) is 12.7. The molecule has 1 rings (SSSR count). The maximum Gasteiger partial charge on any atom is 0.200 e. The number of aliphatic hydroxyl groups excluding tert-OH is 1. The lowest BCUT2D eigenvalue weighted by molar-refractivity contribution is 0.274. The Labute approximate surface area is 81.0 Å². The Bertz CT molecular complexity index is 327. The summed E-state index contributed by atoms with van der Waals surface area (Å²) in [6.45, 7) is -0.109. The Morgan fingerprint density at radius 3 is 2.36 bits per heavy atom. The van der Waals surface area contributed by atoms with Crippen LogP contribution in [0.3, 0.4) is 0 Å². The summed E-state index contributed by atoms with van der Waals surface area (Å²) in [5.74, 6) is -1.43. The Balaban J connectivity index is 3.04. The highest BCUT2D eigenvalue weighted by molar-refractivity contribution is 5.53. The molecule has 0 amide bonds. The second kappa shape index (κ2) is 4.17.